The minimum Gasteiger partial charge on any atom is -0.464 e. The molecule has 6 aromatic carbocycles. The van der Waals surface area contributed by atoms with Gasteiger partial charge in [0.05, 0.1) is 18.2 Å². The number of fused-ring (bicyclic) bond motifs is 2. The van der Waals surface area contributed by atoms with Gasteiger partial charge in [0.1, 0.15) is 11.2 Å². The predicted molar refractivity (Wildman–Crippen MR) is 163 cm³/mol. The van der Waals surface area contributed by atoms with Gasteiger partial charge in [-0.2, -0.15) is 0 Å². The van der Waals surface area contributed by atoms with Gasteiger partial charge in [-0.25, -0.2) is 0 Å². The van der Waals surface area contributed by atoms with Crippen molar-refractivity contribution in [1.82, 2.24) is 0 Å². The maximum atomic E-state index is 5.67. The van der Waals surface area contributed by atoms with Gasteiger partial charge in [0, 0.05) is 27.5 Å². The highest BCUT2D eigenvalue weighted by Crippen LogP contribution is 2.46. The normalized spacial score (nSPS) is 12.5. The standard InChI is InChI=1S/C36H27NO2/c1-36(2,3)30-12-6-22-5-11-29-31(13-7-23-4-10-28(30)34(22)35(23)29)37(26-8-14-32-24(20-26)16-18-38-32)27-9-15-33-25(21-27)17-19-39-33/h4-21H,1-3H3. The third-order valence-corrected chi connectivity index (χ3v) is 8.08. The minimum absolute atomic E-state index is 0.0528. The van der Waals surface area contributed by atoms with Gasteiger partial charge in [0.25, 0.3) is 0 Å². The van der Waals surface area contributed by atoms with E-state index < -0.39 is 0 Å². The molecule has 3 heteroatoms. The van der Waals surface area contributed by atoms with Crippen molar-refractivity contribution < 1.29 is 8.83 Å². The molecule has 3 nitrogen and oxygen atoms in total. The molecule has 0 bridgehead atoms. The molecule has 39 heavy (non-hydrogen) atoms. The molecule has 8 rings (SSSR count). The van der Waals surface area contributed by atoms with E-state index in [1.54, 1.807) is 12.5 Å². The fourth-order valence-corrected chi connectivity index (χ4v) is 6.25. The molecule has 0 N–H and O–H groups in total. The van der Waals surface area contributed by atoms with Crippen LogP contribution < -0.4 is 4.90 Å². The Morgan fingerprint density at radius 1 is 0.513 bits per heavy atom. The van der Waals surface area contributed by atoms with Gasteiger partial charge in [-0.3, -0.25) is 0 Å². The quantitative estimate of drug-likeness (QED) is 0.224. The van der Waals surface area contributed by atoms with E-state index in [0.29, 0.717) is 0 Å². The molecule has 0 fully saturated rings. The maximum absolute atomic E-state index is 5.67. The molecule has 188 valence electrons. The molecule has 0 aliphatic heterocycles. The van der Waals surface area contributed by atoms with Gasteiger partial charge < -0.3 is 13.7 Å². The molecule has 0 saturated heterocycles. The summed E-state index contributed by atoms with van der Waals surface area (Å²) in [5.74, 6) is 0. The molecule has 0 unspecified atom stereocenters. The van der Waals surface area contributed by atoms with Gasteiger partial charge in [-0.15, -0.1) is 0 Å². The van der Waals surface area contributed by atoms with Crippen LogP contribution in [0.15, 0.2) is 118 Å². The first-order valence-corrected chi connectivity index (χ1v) is 13.4. The van der Waals surface area contributed by atoms with Crippen molar-refractivity contribution in [3.63, 3.8) is 0 Å². The summed E-state index contributed by atoms with van der Waals surface area (Å²) in [5.41, 5.74) is 6.50. The lowest BCUT2D eigenvalue weighted by atomic mass is 9.81. The summed E-state index contributed by atoms with van der Waals surface area (Å²) in [6.07, 6.45) is 3.50. The van der Waals surface area contributed by atoms with E-state index in [-0.39, 0.29) is 5.41 Å². The summed E-state index contributed by atoms with van der Waals surface area (Å²) in [5, 5.41) is 9.91. The monoisotopic (exact) mass is 505 g/mol. The van der Waals surface area contributed by atoms with Crippen molar-refractivity contribution in [1.29, 1.82) is 0 Å². The van der Waals surface area contributed by atoms with Crippen LogP contribution >= 0.6 is 0 Å². The average molecular weight is 506 g/mol. The second-order valence-corrected chi connectivity index (χ2v) is 11.5. The molecule has 0 aliphatic rings. The zero-order chi connectivity index (χ0) is 26.3. The van der Waals surface area contributed by atoms with E-state index in [0.717, 1.165) is 39.0 Å². The van der Waals surface area contributed by atoms with Crippen LogP contribution in [0.1, 0.15) is 26.3 Å². The van der Waals surface area contributed by atoms with E-state index in [9.17, 15) is 0 Å². The third kappa shape index (κ3) is 3.29. The molecule has 0 atom stereocenters. The zero-order valence-corrected chi connectivity index (χ0v) is 22.2. The molecule has 2 heterocycles. The van der Waals surface area contributed by atoms with Crippen molar-refractivity contribution in [2.45, 2.75) is 26.2 Å². The second-order valence-electron chi connectivity index (χ2n) is 11.5. The Morgan fingerprint density at radius 3 is 1.67 bits per heavy atom. The number of furan rings is 2. The van der Waals surface area contributed by atoms with Crippen LogP contribution in [-0.4, -0.2) is 0 Å². The van der Waals surface area contributed by atoms with E-state index >= 15 is 0 Å². The number of anilines is 3. The summed E-state index contributed by atoms with van der Waals surface area (Å²) >= 11 is 0. The highest BCUT2D eigenvalue weighted by Gasteiger charge is 2.22. The van der Waals surface area contributed by atoms with Crippen LogP contribution in [0.2, 0.25) is 0 Å². The molecular weight excluding hydrogens is 478 g/mol. The summed E-state index contributed by atoms with van der Waals surface area (Å²) < 4.78 is 11.3. The highest BCUT2D eigenvalue weighted by molar-refractivity contribution is 6.26. The highest BCUT2D eigenvalue weighted by atomic mass is 16.3. The first-order chi connectivity index (χ1) is 19.0. The second kappa shape index (κ2) is 7.87. The Balaban J connectivity index is 1.46. The Morgan fingerprint density at radius 2 is 1.05 bits per heavy atom. The van der Waals surface area contributed by atoms with Crippen molar-refractivity contribution in [3.05, 3.63) is 115 Å². The topological polar surface area (TPSA) is 29.5 Å². The Labute approximate surface area is 226 Å². The van der Waals surface area contributed by atoms with Crippen LogP contribution in [0.25, 0.3) is 54.3 Å². The lowest BCUT2D eigenvalue weighted by Crippen LogP contribution is -2.12. The molecule has 2 aromatic heterocycles. The predicted octanol–water partition coefficient (Wildman–Crippen LogP) is 10.8. The van der Waals surface area contributed by atoms with E-state index in [2.05, 4.69) is 111 Å². The van der Waals surface area contributed by atoms with Crippen LogP contribution in [-0.2, 0) is 5.41 Å². The van der Waals surface area contributed by atoms with Crippen LogP contribution in [0.4, 0.5) is 17.1 Å². The average Bonchev–Trinajstić information content (AvgIpc) is 3.61. The van der Waals surface area contributed by atoms with Crippen molar-refractivity contribution >= 4 is 71.3 Å². The third-order valence-electron chi connectivity index (χ3n) is 8.08. The summed E-state index contributed by atoms with van der Waals surface area (Å²) in [7, 11) is 0. The van der Waals surface area contributed by atoms with Crippen LogP contribution in [0.5, 0.6) is 0 Å². The molecule has 0 spiro atoms. The van der Waals surface area contributed by atoms with Gasteiger partial charge in [-0.1, -0.05) is 63.2 Å². The number of hydrogen-bond donors (Lipinski definition) is 0. The number of hydrogen-bond acceptors (Lipinski definition) is 3. The number of nitrogens with zero attached hydrogens (tertiary/aromatic N) is 1. The molecular formula is C36H27NO2. The summed E-state index contributed by atoms with van der Waals surface area (Å²) in [6.45, 7) is 6.89. The molecule has 0 radical (unpaired) electrons. The van der Waals surface area contributed by atoms with Gasteiger partial charge in [0.2, 0.25) is 0 Å². The molecule has 0 aliphatic carbocycles. The first kappa shape index (κ1) is 22.2. The molecule has 8 aromatic rings. The largest absolute Gasteiger partial charge is 0.464 e. The minimum atomic E-state index is 0.0528. The lowest BCUT2D eigenvalue weighted by molar-refractivity contribution is 0.596. The Kier molecular flexibility index (Phi) is 4.49. The summed E-state index contributed by atoms with van der Waals surface area (Å²) in [6, 6.07) is 35.1. The van der Waals surface area contributed by atoms with Gasteiger partial charge in [0.15, 0.2) is 0 Å². The van der Waals surface area contributed by atoms with Crippen molar-refractivity contribution in [3.8, 4) is 0 Å². The Hall–Kier alpha value is -4.76. The van der Waals surface area contributed by atoms with Gasteiger partial charge in [-0.05, 0) is 92.5 Å². The lowest BCUT2D eigenvalue weighted by Gasteiger charge is -2.28. The zero-order valence-electron chi connectivity index (χ0n) is 22.2. The van der Waals surface area contributed by atoms with Crippen molar-refractivity contribution in [2.24, 2.45) is 0 Å². The number of benzene rings is 6. The van der Waals surface area contributed by atoms with Crippen LogP contribution in [0.3, 0.4) is 0 Å². The molecule has 0 saturated carbocycles. The number of rotatable bonds is 3. The van der Waals surface area contributed by atoms with Crippen LogP contribution in [0, 0.1) is 0 Å². The fourth-order valence-electron chi connectivity index (χ4n) is 6.25. The maximum Gasteiger partial charge on any atom is 0.133 e. The van der Waals surface area contributed by atoms with E-state index in [1.807, 2.05) is 12.1 Å². The van der Waals surface area contributed by atoms with Crippen molar-refractivity contribution in [2.75, 3.05) is 4.90 Å². The Bertz CT molecular complexity index is 2100. The first-order valence-electron chi connectivity index (χ1n) is 13.4. The van der Waals surface area contributed by atoms with Gasteiger partial charge >= 0.3 is 0 Å². The summed E-state index contributed by atoms with van der Waals surface area (Å²) in [4.78, 5) is 2.36. The molecule has 0 amide bonds. The fraction of sp³-hybridized carbons (Fsp3) is 0.111. The SMILES string of the molecule is CC(C)(C)c1ccc2ccc3c(N(c4ccc5occc5c4)c4ccc5occc5c4)ccc4ccc1c2c43. The van der Waals surface area contributed by atoms with E-state index in [4.69, 9.17) is 8.83 Å². The van der Waals surface area contributed by atoms with E-state index in [1.165, 1.54) is 37.9 Å². The smallest absolute Gasteiger partial charge is 0.133 e.